The van der Waals surface area contributed by atoms with Crippen LogP contribution in [0.15, 0.2) is 23.4 Å². The highest BCUT2D eigenvalue weighted by Crippen LogP contribution is 2.24. The summed E-state index contributed by atoms with van der Waals surface area (Å²) in [4.78, 5) is 0. The van der Waals surface area contributed by atoms with Crippen LogP contribution in [0.25, 0.3) is 0 Å². The Bertz CT molecular complexity index is 416. The molecule has 0 atom stereocenters. The number of nitrogens with zero attached hydrogens (tertiary/aromatic N) is 1. The van der Waals surface area contributed by atoms with E-state index in [4.69, 9.17) is 5.21 Å². The molecule has 1 aromatic carbocycles. The van der Waals surface area contributed by atoms with Gasteiger partial charge in [0.1, 0.15) is 11.5 Å². The van der Waals surface area contributed by atoms with Gasteiger partial charge in [0.2, 0.25) is 0 Å². The summed E-state index contributed by atoms with van der Waals surface area (Å²) >= 11 is 0. The highest BCUT2D eigenvalue weighted by molar-refractivity contribution is 6.02. The van der Waals surface area contributed by atoms with Crippen LogP contribution in [0.2, 0.25) is 0 Å². The van der Waals surface area contributed by atoms with Crippen LogP contribution in [0.1, 0.15) is 57.4 Å². The fourth-order valence-corrected chi connectivity index (χ4v) is 2.08. The highest BCUT2D eigenvalue weighted by Gasteiger charge is 2.10. The molecule has 0 bridgehead atoms. The van der Waals surface area contributed by atoms with Crippen molar-refractivity contribution in [3.63, 3.8) is 0 Å². The minimum Gasteiger partial charge on any atom is -0.508 e. The van der Waals surface area contributed by atoms with Crippen LogP contribution < -0.4 is 0 Å². The molecule has 1 rings (SSSR count). The lowest BCUT2D eigenvalue weighted by Gasteiger charge is -2.07. The van der Waals surface area contributed by atoms with Crippen molar-refractivity contribution in [2.75, 3.05) is 0 Å². The van der Waals surface area contributed by atoms with E-state index < -0.39 is 0 Å². The lowest BCUT2D eigenvalue weighted by molar-refractivity contribution is 0.317. The van der Waals surface area contributed by atoms with Gasteiger partial charge in [-0.15, -0.1) is 0 Å². The number of unbranched alkanes of at least 4 members (excludes halogenated alkanes) is 5. The lowest BCUT2D eigenvalue weighted by Crippen LogP contribution is -2.01. The molecule has 0 saturated carbocycles. The normalized spacial score (nSPS) is 11.7. The number of rotatable bonds is 8. The van der Waals surface area contributed by atoms with E-state index in [2.05, 4.69) is 12.1 Å². The van der Waals surface area contributed by atoms with Gasteiger partial charge in [0.15, 0.2) is 0 Å². The molecule has 0 amide bonds. The number of oxime groups is 1. The second kappa shape index (κ2) is 8.40. The summed E-state index contributed by atoms with van der Waals surface area (Å²) in [7, 11) is 0. The first-order valence-corrected chi connectivity index (χ1v) is 6.92. The summed E-state index contributed by atoms with van der Waals surface area (Å²) in [5.74, 6) is -0.0584. The highest BCUT2D eigenvalue weighted by atomic mass is 16.4. The maximum Gasteiger partial charge on any atom is 0.128 e. The third-order valence-electron chi connectivity index (χ3n) is 3.18. The topological polar surface area (TPSA) is 73.1 Å². The van der Waals surface area contributed by atoms with Crippen LogP contribution in [0.4, 0.5) is 0 Å². The predicted octanol–water partition coefficient (Wildman–Crippen LogP) is 4.03. The minimum absolute atomic E-state index is 0.00175. The van der Waals surface area contributed by atoms with Crippen molar-refractivity contribution in [1.82, 2.24) is 0 Å². The standard InChI is InChI=1S/C15H23NO3/c1-2-3-4-5-6-7-8-14(16-19)13-10-9-12(17)11-15(13)18/h9-11,17-19H,2-8H2,1H3. The fourth-order valence-electron chi connectivity index (χ4n) is 2.08. The smallest absolute Gasteiger partial charge is 0.128 e. The van der Waals surface area contributed by atoms with Crippen LogP contribution in [-0.4, -0.2) is 21.1 Å². The second-order valence-corrected chi connectivity index (χ2v) is 4.77. The van der Waals surface area contributed by atoms with E-state index in [0.717, 1.165) is 12.8 Å². The molecule has 106 valence electrons. The zero-order chi connectivity index (χ0) is 14.1. The number of phenols is 2. The summed E-state index contributed by atoms with van der Waals surface area (Å²) in [5, 5.41) is 31.2. The summed E-state index contributed by atoms with van der Waals surface area (Å²) in [6, 6.07) is 4.29. The van der Waals surface area contributed by atoms with Crippen LogP contribution in [0.3, 0.4) is 0 Å². The van der Waals surface area contributed by atoms with Gasteiger partial charge < -0.3 is 15.4 Å². The summed E-state index contributed by atoms with van der Waals surface area (Å²) in [5.41, 5.74) is 0.946. The Labute approximate surface area is 114 Å². The van der Waals surface area contributed by atoms with E-state index in [1.165, 1.54) is 37.8 Å². The number of aromatic hydroxyl groups is 2. The zero-order valence-corrected chi connectivity index (χ0v) is 11.5. The van der Waals surface area contributed by atoms with Gasteiger partial charge in [0.25, 0.3) is 0 Å². The summed E-state index contributed by atoms with van der Waals surface area (Å²) < 4.78 is 0. The molecule has 0 aromatic heterocycles. The van der Waals surface area contributed by atoms with Gasteiger partial charge in [-0.2, -0.15) is 0 Å². The van der Waals surface area contributed by atoms with E-state index in [9.17, 15) is 10.2 Å². The average Bonchev–Trinajstić information content (AvgIpc) is 2.39. The zero-order valence-electron chi connectivity index (χ0n) is 11.5. The molecule has 3 N–H and O–H groups in total. The molecule has 4 nitrogen and oxygen atoms in total. The Hall–Kier alpha value is -1.71. The average molecular weight is 265 g/mol. The van der Waals surface area contributed by atoms with Gasteiger partial charge in [0.05, 0.1) is 5.71 Å². The van der Waals surface area contributed by atoms with Crippen LogP contribution in [0.5, 0.6) is 11.5 Å². The Morgan fingerprint density at radius 2 is 1.74 bits per heavy atom. The Morgan fingerprint density at radius 3 is 2.37 bits per heavy atom. The van der Waals surface area contributed by atoms with Crippen molar-refractivity contribution in [2.45, 2.75) is 51.9 Å². The lowest BCUT2D eigenvalue weighted by atomic mass is 10.0. The monoisotopic (exact) mass is 265 g/mol. The molecule has 0 aliphatic heterocycles. The van der Waals surface area contributed by atoms with Crippen LogP contribution in [-0.2, 0) is 0 Å². The second-order valence-electron chi connectivity index (χ2n) is 4.77. The molecule has 19 heavy (non-hydrogen) atoms. The predicted molar refractivity (Wildman–Crippen MR) is 76.1 cm³/mol. The molecule has 0 unspecified atom stereocenters. The van der Waals surface area contributed by atoms with Crippen LogP contribution in [0, 0.1) is 0 Å². The van der Waals surface area contributed by atoms with Crippen molar-refractivity contribution in [2.24, 2.45) is 5.16 Å². The van der Waals surface area contributed by atoms with Crippen LogP contribution >= 0.6 is 0 Å². The third kappa shape index (κ3) is 5.20. The van der Waals surface area contributed by atoms with Gasteiger partial charge in [-0.3, -0.25) is 0 Å². The first kappa shape index (κ1) is 15.3. The molecule has 0 aliphatic carbocycles. The molecule has 0 saturated heterocycles. The fraction of sp³-hybridized carbons (Fsp3) is 0.533. The molecule has 1 aromatic rings. The number of phenolic OH excluding ortho intramolecular Hbond substituents is 2. The Morgan fingerprint density at radius 1 is 1.05 bits per heavy atom. The molecule has 0 radical (unpaired) electrons. The SMILES string of the molecule is CCCCCCCCC(=NO)c1ccc(O)cc1O. The minimum atomic E-state index is -0.0567. The molecule has 0 spiro atoms. The molecule has 0 fully saturated rings. The van der Waals surface area contributed by atoms with Gasteiger partial charge in [-0.25, -0.2) is 0 Å². The van der Waals surface area contributed by atoms with Crippen molar-refractivity contribution in [1.29, 1.82) is 0 Å². The molecule has 0 aliphatic rings. The first-order chi connectivity index (χ1) is 9.19. The summed E-state index contributed by atoms with van der Waals surface area (Å²) in [6.45, 7) is 2.18. The molecular formula is C15H23NO3. The van der Waals surface area contributed by atoms with Crippen molar-refractivity contribution in [3.8, 4) is 11.5 Å². The number of hydrogen-bond acceptors (Lipinski definition) is 4. The number of benzene rings is 1. The van der Waals surface area contributed by atoms with Crippen molar-refractivity contribution in [3.05, 3.63) is 23.8 Å². The van der Waals surface area contributed by atoms with E-state index in [-0.39, 0.29) is 11.5 Å². The van der Waals surface area contributed by atoms with Gasteiger partial charge in [0, 0.05) is 11.6 Å². The molecule has 4 heteroatoms. The van der Waals surface area contributed by atoms with Gasteiger partial charge in [-0.05, 0) is 25.0 Å². The largest absolute Gasteiger partial charge is 0.508 e. The van der Waals surface area contributed by atoms with E-state index >= 15 is 0 Å². The molecular weight excluding hydrogens is 242 g/mol. The van der Waals surface area contributed by atoms with Crippen molar-refractivity contribution < 1.29 is 15.4 Å². The third-order valence-corrected chi connectivity index (χ3v) is 3.18. The first-order valence-electron chi connectivity index (χ1n) is 6.92. The maximum atomic E-state index is 9.71. The van der Waals surface area contributed by atoms with E-state index in [1.54, 1.807) is 6.07 Å². The summed E-state index contributed by atoms with van der Waals surface area (Å²) in [6.07, 6.45) is 7.58. The van der Waals surface area contributed by atoms with E-state index in [1.807, 2.05) is 0 Å². The van der Waals surface area contributed by atoms with Crippen molar-refractivity contribution >= 4 is 5.71 Å². The number of hydrogen-bond donors (Lipinski definition) is 3. The van der Waals surface area contributed by atoms with Gasteiger partial charge in [-0.1, -0.05) is 44.2 Å². The maximum absolute atomic E-state index is 9.71. The van der Waals surface area contributed by atoms with E-state index in [0.29, 0.717) is 17.7 Å². The Balaban J connectivity index is 2.46. The Kier molecular flexibility index (Phi) is 6.79. The quantitative estimate of drug-likeness (QED) is 0.287. The van der Waals surface area contributed by atoms with Gasteiger partial charge >= 0.3 is 0 Å². The molecule has 0 heterocycles.